The van der Waals surface area contributed by atoms with Crippen molar-refractivity contribution in [1.29, 1.82) is 5.26 Å². The lowest BCUT2D eigenvalue weighted by atomic mass is 9.67. The Labute approximate surface area is 387 Å². The van der Waals surface area contributed by atoms with Gasteiger partial charge in [-0.15, -0.1) is 0 Å². The third kappa shape index (κ3) is 15.1. The quantitative estimate of drug-likeness (QED) is 0.0341. The topological polar surface area (TPSA) is 33.0 Å². The van der Waals surface area contributed by atoms with Crippen molar-refractivity contribution in [2.75, 3.05) is 6.61 Å². The Kier molecular flexibility index (Phi) is 21.6. The molecule has 4 aliphatic carbocycles. The van der Waals surface area contributed by atoms with Crippen LogP contribution in [0, 0.1) is 59.7 Å². The van der Waals surface area contributed by atoms with E-state index >= 15 is 0 Å². The molecule has 3 heteroatoms. The number of hydrogen-bond donors (Lipinski definition) is 0. The van der Waals surface area contributed by atoms with Gasteiger partial charge >= 0.3 is 0 Å². The van der Waals surface area contributed by atoms with Gasteiger partial charge in [-0.05, 0) is 232 Å². The average Bonchev–Trinajstić information content (AvgIpc) is 3.31. The SMILES string of the molecule is C=C(CC)OCCCCCC(=C)C1CCC(C2CCC(C(=C)Cc3ccc(C4CCC(C5CCC(C(=C)CCCCCCC)CC5)CC4)c(S/C(C)=C(\C)C#N)c3C)CC2)CC1. The first kappa shape index (κ1) is 50.6. The van der Waals surface area contributed by atoms with E-state index in [1.807, 2.05) is 18.7 Å². The lowest BCUT2D eigenvalue weighted by Crippen LogP contribution is -2.27. The van der Waals surface area contributed by atoms with Crippen LogP contribution in [-0.2, 0) is 11.2 Å². The standard InChI is InChI=1S/C59H91NOS/c1-10-12-13-14-16-19-42(3)49-23-29-53(30-24-49)55-33-35-56(36-34-55)58-38-37-57(47(8)59(58)62-48(9)45(6)41-60)40-44(5)51-25-31-54(32-26-51)52-27-21-50(22-28-52)43(4)20-17-15-18-39-61-46(7)11-2/h37-38,49-56H,3-5,7,10-36,39-40H2,1-2,6,8-9H3/b48-45+. The van der Waals surface area contributed by atoms with Crippen molar-refractivity contribution in [3.05, 3.63) is 88.1 Å². The normalized spacial score (nSPS) is 27.2. The van der Waals surface area contributed by atoms with Crippen molar-refractivity contribution in [2.24, 2.45) is 41.4 Å². The van der Waals surface area contributed by atoms with Crippen LogP contribution in [0.3, 0.4) is 0 Å². The summed E-state index contributed by atoms with van der Waals surface area (Å²) >= 11 is 1.87. The summed E-state index contributed by atoms with van der Waals surface area (Å²) < 4.78 is 5.68. The van der Waals surface area contributed by atoms with Gasteiger partial charge in [-0.2, -0.15) is 5.26 Å². The van der Waals surface area contributed by atoms with Gasteiger partial charge in [0.05, 0.1) is 18.4 Å². The minimum Gasteiger partial charge on any atom is -0.499 e. The van der Waals surface area contributed by atoms with Crippen molar-refractivity contribution < 1.29 is 4.74 Å². The number of nitrogens with zero attached hydrogens (tertiary/aromatic N) is 1. The number of nitriles is 1. The molecule has 0 radical (unpaired) electrons. The summed E-state index contributed by atoms with van der Waals surface area (Å²) in [5, 5.41) is 9.81. The van der Waals surface area contributed by atoms with E-state index in [0.717, 1.165) is 77.6 Å². The third-order valence-electron chi connectivity index (χ3n) is 17.0. The minimum atomic E-state index is 0.620. The van der Waals surface area contributed by atoms with E-state index in [0.29, 0.717) is 11.8 Å². The predicted octanol–water partition coefficient (Wildman–Crippen LogP) is 18.7. The van der Waals surface area contributed by atoms with Crippen molar-refractivity contribution in [3.8, 4) is 6.07 Å². The van der Waals surface area contributed by atoms with Crippen LogP contribution in [-0.4, -0.2) is 6.61 Å². The van der Waals surface area contributed by atoms with E-state index in [9.17, 15) is 5.26 Å². The number of ether oxygens (including phenoxy) is 1. The highest BCUT2D eigenvalue weighted by Gasteiger charge is 2.34. The first-order chi connectivity index (χ1) is 30.0. The number of thioether (sulfide) groups is 1. The van der Waals surface area contributed by atoms with Gasteiger partial charge in [-0.3, -0.25) is 0 Å². The Balaban J connectivity index is 1.08. The molecule has 0 aromatic heterocycles. The van der Waals surface area contributed by atoms with Crippen LogP contribution in [0.15, 0.2) is 76.3 Å². The van der Waals surface area contributed by atoms with Gasteiger partial charge in [0.2, 0.25) is 0 Å². The number of hydrogen-bond acceptors (Lipinski definition) is 3. The Hall–Kier alpha value is -2.44. The minimum absolute atomic E-state index is 0.620. The lowest BCUT2D eigenvalue weighted by Gasteiger charge is -2.39. The second-order valence-corrected chi connectivity index (χ2v) is 22.2. The fourth-order valence-electron chi connectivity index (χ4n) is 12.3. The number of rotatable bonds is 24. The van der Waals surface area contributed by atoms with Crippen LogP contribution in [0.5, 0.6) is 0 Å². The third-order valence-corrected chi connectivity index (χ3v) is 18.3. The van der Waals surface area contributed by atoms with E-state index in [1.165, 1.54) is 188 Å². The van der Waals surface area contributed by atoms with Crippen LogP contribution < -0.4 is 0 Å². The molecule has 0 saturated heterocycles. The molecule has 4 saturated carbocycles. The van der Waals surface area contributed by atoms with Crippen LogP contribution in [0.2, 0.25) is 0 Å². The Morgan fingerprint density at radius 2 is 1.10 bits per heavy atom. The Morgan fingerprint density at radius 1 is 0.629 bits per heavy atom. The zero-order valence-electron chi connectivity index (χ0n) is 40.9. The summed E-state index contributed by atoms with van der Waals surface area (Å²) in [6.07, 6.45) is 36.6. The first-order valence-corrected chi connectivity index (χ1v) is 27.1. The fourth-order valence-corrected chi connectivity index (χ4v) is 13.5. The van der Waals surface area contributed by atoms with Crippen molar-refractivity contribution in [2.45, 2.75) is 225 Å². The average molecular weight is 862 g/mol. The van der Waals surface area contributed by atoms with Gasteiger partial charge in [0, 0.05) is 21.8 Å². The smallest absolute Gasteiger partial charge is 0.0952 e. The Morgan fingerprint density at radius 3 is 1.58 bits per heavy atom. The highest BCUT2D eigenvalue weighted by atomic mass is 32.2. The molecule has 62 heavy (non-hydrogen) atoms. The molecule has 5 rings (SSSR count). The van der Waals surface area contributed by atoms with Crippen molar-refractivity contribution in [3.63, 3.8) is 0 Å². The number of unbranched alkanes of at least 4 members (excludes halogenated alkanes) is 6. The van der Waals surface area contributed by atoms with E-state index in [1.54, 1.807) is 11.1 Å². The molecule has 344 valence electrons. The second kappa shape index (κ2) is 26.5. The van der Waals surface area contributed by atoms with Crippen molar-refractivity contribution >= 4 is 11.8 Å². The molecule has 4 fully saturated rings. The molecule has 1 aromatic rings. The largest absolute Gasteiger partial charge is 0.499 e. The maximum Gasteiger partial charge on any atom is 0.0952 e. The highest BCUT2D eigenvalue weighted by molar-refractivity contribution is 8.03. The molecule has 0 spiro atoms. The van der Waals surface area contributed by atoms with Crippen LogP contribution in [0.25, 0.3) is 0 Å². The van der Waals surface area contributed by atoms with Gasteiger partial charge in [0.25, 0.3) is 0 Å². The van der Waals surface area contributed by atoms with Gasteiger partial charge in [-0.1, -0.05) is 106 Å². The van der Waals surface area contributed by atoms with E-state index in [4.69, 9.17) is 11.3 Å². The summed E-state index contributed by atoms with van der Waals surface area (Å²) in [7, 11) is 0. The molecule has 0 aliphatic heterocycles. The molecule has 0 amide bonds. The summed E-state index contributed by atoms with van der Waals surface area (Å²) in [5.74, 6) is 7.31. The molecule has 0 N–H and O–H groups in total. The zero-order valence-corrected chi connectivity index (χ0v) is 41.7. The van der Waals surface area contributed by atoms with Crippen LogP contribution >= 0.6 is 11.8 Å². The maximum absolute atomic E-state index is 9.81. The van der Waals surface area contributed by atoms with Gasteiger partial charge in [-0.25, -0.2) is 0 Å². The van der Waals surface area contributed by atoms with Crippen LogP contribution in [0.1, 0.15) is 224 Å². The zero-order chi connectivity index (χ0) is 44.4. The molecule has 0 bridgehead atoms. The molecule has 1 aromatic carbocycles. The van der Waals surface area contributed by atoms with Crippen molar-refractivity contribution in [1.82, 2.24) is 0 Å². The molecule has 0 atom stereocenters. The van der Waals surface area contributed by atoms with Gasteiger partial charge < -0.3 is 4.74 Å². The molecule has 4 aliphatic rings. The fraction of sp³-hybridized carbons (Fsp3) is 0.712. The summed E-state index contributed by atoms with van der Waals surface area (Å²) in [6, 6.07) is 7.41. The highest BCUT2D eigenvalue weighted by Crippen LogP contribution is 2.49. The molecule has 0 unspecified atom stereocenters. The monoisotopic (exact) mass is 862 g/mol. The van der Waals surface area contributed by atoms with Crippen LogP contribution in [0.4, 0.5) is 0 Å². The molecule has 2 nitrogen and oxygen atoms in total. The molecule has 0 heterocycles. The summed E-state index contributed by atoms with van der Waals surface area (Å²) in [4.78, 5) is 2.58. The van der Waals surface area contributed by atoms with Gasteiger partial charge in [0.1, 0.15) is 0 Å². The predicted molar refractivity (Wildman–Crippen MR) is 270 cm³/mol. The second-order valence-electron chi connectivity index (χ2n) is 21.0. The van der Waals surface area contributed by atoms with E-state index in [2.05, 4.69) is 65.6 Å². The maximum atomic E-state index is 9.81. The summed E-state index contributed by atoms with van der Waals surface area (Å²) in [5.41, 5.74) is 9.79. The summed E-state index contributed by atoms with van der Waals surface area (Å²) in [6.45, 7) is 29.6. The Bertz CT molecular complexity index is 1660. The van der Waals surface area contributed by atoms with E-state index in [-0.39, 0.29) is 0 Å². The lowest BCUT2D eigenvalue weighted by molar-refractivity contribution is 0.160. The number of benzene rings is 1. The number of allylic oxidation sites excluding steroid dienone is 6. The first-order valence-electron chi connectivity index (χ1n) is 26.2. The van der Waals surface area contributed by atoms with Gasteiger partial charge in [0.15, 0.2) is 0 Å². The molecular formula is C59H91NOS. The van der Waals surface area contributed by atoms with E-state index < -0.39 is 0 Å². The molecular weight excluding hydrogens is 771 g/mol.